The first kappa shape index (κ1) is 19.7. The summed E-state index contributed by atoms with van der Waals surface area (Å²) in [4.78, 5) is 17.8. The molecule has 0 aliphatic heterocycles. The number of para-hydroxylation sites is 2. The summed E-state index contributed by atoms with van der Waals surface area (Å²) in [6.07, 6.45) is 6.81. The van der Waals surface area contributed by atoms with Crippen LogP contribution in [0.4, 0.5) is 0 Å². The lowest BCUT2D eigenvalue weighted by Gasteiger charge is -2.09. The predicted molar refractivity (Wildman–Crippen MR) is 146 cm³/mol. The molecule has 0 spiro atoms. The molecule has 0 fully saturated rings. The molecule has 0 aliphatic carbocycles. The zero-order valence-electron chi connectivity index (χ0n) is 19.7. The van der Waals surface area contributed by atoms with E-state index in [0.29, 0.717) is 0 Å². The van der Waals surface area contributed by atoms with Gasteiger partial charge in [-0.1, -0.05) is 36.4 Å². The Morgan fingerprint density at radius 1 is 0.526 bits per heavy atom. The average Bonchev–Trinajstić information content (AvgIpc) is 3.69. The van der Waals surface area contributed by atoms with Gasteiger partial charge in [-0.25, -0.2) is 19.9 Å². The van der Waals surface area contributed by atoms with E-state index in [1.165, 1.54) is 0 Å². The van der Waals surface area contributed by atoms with Crippen molar-refractivity contribution in [2.45, 2.75) is 0 Å². The highest BCUT2D eigenvalue weighted by molar-refractivity contribution is 6.19. The molecule has 0 atom stereocenters. The van der Waals surface area contributed by atoms with Crippen molar-refractivity contribution in [1.29, 1.82) is 0 Å². The van der Waals surface area contributed by atoms with Crippen LogP contribution < -0.4 is 0 Å². The first-order valence-corrected chi connectivity index (χ1v) is 12.2. The maximum absolute atomic E-state index is 6.33. The molecule has 0 N–H and O–H groups in total. The van der Waals surface area contributed by atoms with Gasteiger partial charge in [0.25, 0.3) is 0 Å². The number of hydrogen-bond acceptors (Lipinski definition) is 6. The van der Waals surface area contributed by atoms with Crippen molar-refractivity contribution >= 4 is 66.2 Å². The largest absolute Gasteiger partial charge is 0.439 e. The summed E-state index contributed by atoms with van der Waals surface area (Å²) in [7, 11) is 0. The van der Waals surface area contributed by atoms with Crippen molar-refractivity contribution in [2.75, 3.05) is 0 Å². The van der Waals surface area contributed by atoms with E-state index in [1.807, 2.05) is 48.8 Å². The summed E-state index contributed by atoms with van der Waals surface area (Å²) in [6, 6.07) is 24.3. The van der Waals surface area contributed by atoms with Gasteiger partial charge in [0.2, 0.25) is 11.4 Å². The highest BCUT2D eigenvalue weighted by Crippen LogP contribution is 2.39. The number of benzene rings is 3. The minimum Gasteiger partial charge on any atom is -0.439 e. The molecular formula is C30H16N6O2. The standard InChI is InChI=1S/C30H16N6O2/c1-3-7-23-19(5-1)25-27-21(13-31-15-33-27)35(29(25)37-23)17-9-11-18(12-10-17)36-22-14-32-16-34-28(22)26-20-6-2-4-8-24(20)38-30(26)36/h1-16H. The molecule has 38 heavy (non-hydrogen) atoms. The summed E-state index contributed by atoms with van der Waals surface area (Å²) in [5.74, 6) is 0. The molecule has 9 aromatic rings. The second-order valence-corrected chi connectivity index (χ2v) is 9.26. The maximum Gasteiger partial charge on any atom is 0.215 e. The van der Waals surface area contributed by atoms with Crippen LogP contribution >= 0.6 is 0 Å². The van der Waals surface area contributed by atoms with E-state index in [1.54, 1.807) is 12.7 Å². The fourth-order valence-corrected chi connectivity index (χ4v) is 5.68. The van der Waals surface area contributed by atoms with Gasteiger partial charge in [0.1, 0.15) is 34.9 Å². The van der Waals surface area contributed by atoms with E-state index in [9.17, 15) is 0 Å². The monoisotopic (exact) mass is 492 g/mol. The van der Waals surface area contributed by atoms with E-state index in [2.05, 4.69) is 65.5 Å². The van der Waals surface area contributed by atoms with Crippen LogP contribution in [0.25, 0.3) is 77.6 Å². The molecule has 0 saturated carbocycles. The third-order valence-electron chi connectivity index (χ3n) is 7.27. The lowest BCUT2D eigenvalue weighted by molar-refractivity contribution is 0.644. The van der Waals surface area contributed by atoms with E-state index in [-0.39, 0.29) is 0 Å². The molecule has 8 heteroatoms. The summed E-state index contributed by atoms with van der Waals surface area (Å²) >= 11 is 0. The molecule has 6 heterocycles. The van der Waals surface area contributed by atoms with Crippen LogP contribution in [0.15, 0.2) is 107 Å². The fourth-order valence-electron chi connectivity index (χ4n) is 5.68. The summed E-state index contributed by atoms with van der Waals surface area (Å²) in [6.45, 7) is 0. The topological polar surface area (TPSA) is 87.7 Å². The van der Waals surface area contributed by atoms with Crippen LogP contribution in [0, 0.1) is 0 Å². The molecule has 178 valence electrons. The Kier molecular flexibility index (Phi) is 3.64. The second-order valence-electron chi connectivity index (χ2n) is 9.26. The predicted octanol–water partition coefficient (Wildman–Crippen LogP) is 6.95. The van der Waals surface area contributed by atoms with Gasteiger partial charge in [-0.2, -0.15) is 0 Å². The SMILES string of the molecule is c1ccc2c(c1)oc1c2c2ncncc2n1-c1ccc(-n2c3cncnc3c3c4ccccc4oc32)cc1. The van der Waals surface area contributed by atoms with Crippen molar-refractivity contribution < 1.29 is 8.83 Å². The Balaban J connectivity index is 1.30. The lowest BCUT2D eigenvalue weighted by atomic mass is 10.2. The molecular weight excluding hydrogens is 476 g/mol. The van der Waals surface area contributed by atoms with Crippen molar-refractivity contribution in [3.63, 3.8) is 0 Å². The highest BCUT2D eigenvalue weighted by atomic mass is 16.3. The van der Waals surface area contributed by atoms with E-state index < -0.39 is 0 Å². The lowest BCUT2D eigenvalue weighted by Crippen LogP contribution is -1.97. The number of fused-ring (bicyclic) bond motifs is 10. The maximum atomic E-state index is 6.33. The van der Waals surface area contributed by atoms with Gasteiger partial charge in [0.15, 0.2) is 0 Å². The fraction of sp³-hybridized carbons (Fsp3) is 0. The normalized spacial score (nSPS) is 12.2. The van der Waals surface area contributed by atoms with Gasteiger partial charge in [0, 0.05) is 22.1 Å². The summed E-state index contributed by atoms with van der Waals surface area (Å²) < 4.78 is 16.8. The van der Waals surface area contributed by atoms with Crippen molar-refractivity contribution in [3.05, 3.63) is 97.8 Å². The van der Waals surface area contributed by atoms with Gasteiger partial charge < -0.3 is 8.83 Å². The van der Waals surface area contributed by atoms with Crippen molar-refractivity contribution in [1.82, 2.24) is 29.1 Å². The van der Waals surface area contributed by atoms with Crippen LogP contribution in [0.1, 0.15) is 0 Å². The zero-order chi connectivity index (χ0) is 24.8. The molecule has 0 amide bonds. The van der Waals surface area contributed by atoms with Crippen LogP contribution in [0.3, 0.4) is 0 Å². The van der Waals surface area contributed by atoms with Crippen LogP contribution in [-0.2, 0) is 0 Å². The van der Waals surface area contributed by atoms with Gasteiger partial charge in [-0.05, 0) is 36.4 Å². The van der Waals surface area contributed by atoms with Gasteiger partial charge in [-0.15, -0.1) is 0 Å². The molecule has 6 aromatic heterocycles. The van der Waals surface area contributed by atoms with Gasteiger partial charge >= 0.3 is 0 Å². The second kappa shape index (κ2) is 7.04. The molecule has 0 bridgehead atoms. The molecule has 0 saturated heterocycles. The van der Waals surface area contributed by atoms with Crippen LogP contribution in [-0.4, -0.2) is 29.1 Å². The Morgan fingerprint density at radius 2 is 0.974 bits per heavy atom. The van der Waals surface area contributed by atoms with E-state index >= 15 is 0 Å². The summed E-state index contributed by atoms with van der Waals surface area (Å²) in [5, 5.41) is 4.04. The third kappa shape index (κ3) is 2.43. The number of hydrogen-bond donors (Lipinski definition) is 0. The van der Waals surface area contributed by atoms with Crippen LogP contribution in [0.2, 0.25) is 0 Å². The molecule has 0 unspecified atom stereocenters. The molecule has 3 aromatic carbocycles. The van der Waals surface area contributed by atoms with Gasteiger partial charge in [0.05, 0.1) is 34.2 Å². The minimum absolute atomic E-state index is 0.744. The smallest absolute Gasteiger partial charge is 0.215 e. The Morgan fingerprint density at radius 3 is 1.45 bits per heavy atom. The summed E-state index contributed by atoms with van der Waals surface area (Å²) in [5.41, 5.74) is 8.53. The number of furan rings is 2. The first-order valence-electron chi connectivity index (χ1n) is 12.2. The van der Waals surface area contributed by atoms with Gasteiger partial charge in [-0.3, -0.25) is 9.13 Å². The number of nitrogens with zero attached hydrogens (tertiary/aromatic N) is 6. The Bertz CT molecular complexity index is 2190. The van der Waals surface area contributed by atoms with E-state index in [4.69, 9.17) is 8.83 Å². The Hall–Kier alpha value is -5.50. The average molecular weight is 492 g/mol. The van der Waals surface area contributed by atoms with E-state index in [0.717, 1.165) is 77.6 Å². The van der Waals surface area contributed by atoms with Crippen LogP contribution in [0.5, 0.6) is 0 Å². The van der Waals surface area contributed by atoms with Crippen molar-refractivity contribution in [3.8, 4) is 11.4 Å². The number of aromatic nitrogens is 6. The molecule has 0 aliphatic rings. The quantitative estimate of drug-likeness (QED) is 0.259. The third-order valence-corrected chi connectivity index (χ3v) is 7.27. The number of rotatable bonds is 2. The zero-order valence-corrected chi connectivity index (χ0v) is 19.7. The van der Waals surface area contributed by atoms with Crippen molar-refractivity contribution in [2.24, 2.45) is 0 Å². The Labute approximate surface area is 213 Å². The minimum atomic E-state index is 0.744. The molecule has 8 nitrogen and oxygen atoms in total. The molecule has 0 radical (unpaired) electrons. The highest BCUT2D eigenvalue weighted by Gasteiger charge is 2.22. The molecule has 9 rings (SSSR count). The first-order chi connectivity index (χ1) is 18.9.